The van der Waals surface area contributed by atoms with Gasteiger partial charge in [-0.25, -0.2) is 4.39 Å². The number of para-hydroxylation sites is 1. The number of aromatic nitrogens is 4. The number of amides is 1. The van der Waals surface area contributed by atoms with Gasteiger partial charge in [0.25, 0.3) is 5.91 Å². The normalized spacial score (nSPS) is 10.7. The molecule has 3 rings (SSSR count). The summed E-state index contributed by atoms with van der Waals surface area (Å²) in [7, 11) is 3.51. The highest BCUT2D eigenvalue weighted by Crippen LogP contribution is 2.17. The molecule has 0 saturated carbocycles. The first-order valence-corrected chi connectivity index (χ1v) is 7.67. The van der Waals surface area contributed by atoms with Gasteiger partial charge in [0.05, 0.1) is 11.9 Å². The lowest BCUT2D eigenvalue weighted by atomic mass is 10.3. The fourth-order valence-corrected chi connectivity index (χ4v) is 2.36. The van der Waals surface area contributed by atoms with Crippen LogP contribution < -0.4 is 4.74 Å². The molecule has 1 aromatic carbocycles. The molecule has 1 amide bonds. The molecule has 0 aliphatic carbocycles. The molecule has 2 aromatic heterocycles. The van der Waals surface area contributed by atoms with E-state index in [-0.39, 0.29) is 24.0 Å². The van der Waals surface area contributed by atoms with Crippen molar-refractivity contribution in [2.24, 2.45) is 7.05 Å². The van der Waals surface area contributed by atoms with Crippen molar-refractivity contribution in [1.82, 2.24) is 24.9 Å². The summed E-state index contributed by atoms with van der Waals surface area (Å²) in [6.45, 7) is 0.522. The number of carbonyl (C=O) groups excluding carboxylic acids is 1. The average molecular weight is 343 g/mol. The molecule has 0 aliphatic rings. The average Bonchev–Trinajstić information content (AvgIpc) is 3.22. The molecule has 0 fully saturated rings. The molecular weight excluding hydrogens is 325 g/mol. The molecule has 1 N–H and O–H groups in total. The lowest BCUT2D eigenvalue weighted by Crippen LogP contribution is -2.26. The van der Waals surface area contributed by atoms with E-state index in [0.29, 0.717) is 12.2 Å². The third-order valence-electron chi connectivity index (χ3n) is 3.59. The van der Waals surface area contributed by atoms with E-state index in [2.05, 4.69) is 15.3 Å². The van der Waals surface area contributed by atoms with Crippen molar-refractivity contribution < 1.29 is 13.9 Å². The van der Waals surface area contributed by atoms with Gasteiger partial charge in [-0.05, 0) is 18.2 Å². The first-order valence-electron chi connectivity index (χ1n) is 7.67. The largest absolute Gasteiger partial charge is 0.484 e. The fourth-order valence-electron chi connectivity index (χ4n) is 2.36. The number of benzene rings is 1. The second-order valence-corrected chi connectivity index (χ2v) is 5.68. The summed E-state index contributed by atoms with van der Waals surface area (Å²) in [6, 6.07) is 7.74. The van der Waals surface area contributed by atoms with Crippen molar-refractivity contribution >= 4 is 5.91 Å². The van der Waals surface area contributed by atoms with Gasteiger partial charge in [-0.15, -0.1) is 0 Å². The number of rotatable bonds is 6. The molecule has 3 aromatic rings. The minimum Gasteiger partial charge on any atom is -0.484 e. The SMILES string of the molecule is CN(Cc1cnn(C)c1)C(=O)c1cc(COc2ccccc2F)[nH]n1. The topological polar surface area (TPSA) is 76.0 Å². The highest BCUT2D eigenvalue weighted by atomic mass is 19.1. The predicted octanol–water partition coefficient (Wildman–Crippen LogP) is 2.13. The van der Waals surface area contributed by atoms with Gasteiger partial charge in [0.15, 0.2) is 17.3 Å². The summed E-state index contributed by atoms with van der Waals surface area (Å²) in [4.78, 5) is 14.0. The summed E-state index contributed by atoms with van der Waals surface area (Å²) in [5.74, 6) is -0.509. The van der Waals surface area contributed by atoms with Crippen LogP contribution in [0.15, 0.2) is 42.7 Å². The van der Waals surface area contributed by atoms with E-state index in [1.807, 2.05) is 13.2 Å². The molecule has 130 valence electrons. The minimum absolute atomic E-state index is 0.0908. The van der Waals surface area contributed by atoms with E-state index < -0.39 is 5.82 Å². The van der Waals surface area contributed by atoms with Crippen LogP contribution in [0.3, 0.4) is 0 Å². The van der Waals surface area contributed by atoms with Gasteiger partial charge < -0.3 is 9.64 Å². The third kappa shape index (κ3) is 4.03. The van der Waals surface area contributed by atoms with Crippen molar-refractivity contribution in [2.75, 3.05) is 7.05 Å². The Labute approximate surface area is 144 Å². The van der Waals surface area contributed by atoms with Gasteiger partial charge in [-0.1, -0.05) is 12.1 Å². The number of halogens is 1. The summed E-state index contributed by atoms with van der Waals surface area (Å²) in [5.41, 5.74) is 1.79. The zero-order valence-corrected chi connectivity index (χ0v) is 13.9. The smallest absolute Gasteiger partial charge is 0.274 e. The first kappa shape index (κ1) is 16.7. The summed E-state index contributed by atoms with van der Waals surface area (Å²) in [5, 5.41) is 10.8. The Morgan fingerprint density at radius 3 is 2.92 bits per heavy atom. The Bertz CT molecular complexity index is 873. The number of aryl methyl sites for hydroxylation is 1. The van der Waals surface area contributed by atoms with Gasteiger partial charge >= 0.3 is 0 Å². The number of nitrogens with zero attached hydrogens (tertiary/aromatic N) is 4. The predicted molar refractivity (Wildman–Crippen MR) is 88.3 cm³/mol. The summed E-state index contributed by atoms with van der Waals surface area (Å²) >= 11 is 0. The third-order valence-corrected chi connectivity index (χ3v) is 3.59. The molecule has 25 heavy (non-hydrogen) atoms. The van der Waals surface area contributed by atoms with Crippen molar-refractivity contribution in [3.63, 3.8) is 0 Å². The maximum absolute atomic E-state index is 13.5. The number of hydrogen-bond donors (Lipinski definition) is 1. The van der Waals surface area contributed by atoms with Crippen LogP contribution in [0.1, 0.15) is 21.7 Å². The summed E-state index contributed by atoms with van der Waals surface area (Å²) in [6.07, 6.45) is 3.56. The van der Waals surface area contributed by atoms with E-state index >= 15 is 0 Å². The van der Waals surface area contributed by atoms with Gasteiger partial charge in [0.2, 0.25) is 0 Å². The number of H-pyrrole nitrogens is 1. The fraction of sp³-hybridized carbons (Fsp3) is 0.235. The van der Waals surface area contributed by atoms with Crippen molar-refractivity contribution in [1.29, 1.82) is 0 Å². The Morgan fingerprint density at radius 2 is 2.20 bits per heavy atom. The van der Waals surface area contributed by atoms with Crippen LogP contribution in [-0.4, -0.2) is 37.8 Å². The molecule has 0 unspecified atom stereocenters. The monoisotopic (exact) mass is 343 g/mol. The minimum atomic E-state index is -0.436. The van der Waals surface area contributed by atoms with E-state index in [9.17, 15) is 9.18 Å². The molecule has 0 saturated heterocycles. The number of aromatic amines is 1. The lowest BCUT2D eigenvalue weighted by molar-refractivity contribution is 0.0779. The van der Waals surface area contributed by atoms with Crippen molar-refractivity contribution in [2.45, 2.75) is 13.2 Å². The number of carbonyl (C=O) groups is 1. The highest BCUT2D eigenvalue weighted by molar-refractivity contribution is 5.92. The number of nitrogens with one attached hydrogen (secondary N) is 1. The molecule has 0 radical (unpaired) electrons. The molecule has 8 heteroatoms. The van der Waals surface area contributed by atoms with E-state index in [0.717, 1.165) is 5.56 Å². The van der Waals surface area contributed by atoms with E-state index in [1.165, 1.54) is 6.07 Å². The van der Waals surface area contributed by atoms with E-state index in [4.69, 9.17) is 4.74 Å². The van der Waals surface area contributed by atoms with Crippen LogP contribution in [0.25, 0.3) is 0 Å². The van der Waals surface area contributed by atoms with Crippen LogP contribution >= 0.6 is 0 Å². The molecule has 0 atom stereocenters. The van der Waals surface area contributed by atoms with Gasteiger partial charge in [0, 0.05) is 32.4 Å². The van der Waals surface area contributed by atoms with Gasteiger partial charge in [-0.2, -0.15) is 10.2 Å². The molecule has 7 nitrogen and oxygen atoms in total. The van der Waals surface area contributed by atoms with Crippen LogP contribution in [0.4, 0.5) is 4.39 Å². The van der Waals surface area contributed by atoms with Crippen LogP contribution in [-0.2, 0) is 20.2 Å². The molecule has 2 heterocycles. The van der Waals surface area contributed by atoms with Crippen LogP contribution in [0.2, 0.25) is 0 Å². The lowest BCUT2D eigenvalue weighted by Gasteiger charge is -2.14. The van der Waals surface area contributed by atoms with E-state index in [1.54, 1.807) is 47.1 Å². The zero-order valence-electron chi connectivity index (χ0n) is 13.9. The van der Waals surface area contributed by atoms with Crippen LogP contribution in [0.5, 0.6) is 5.75 Å². The Balaban J connectivity index is 1.60. The first-order chi connectivity index (χ1) is 12.0. The Morgan fingerprint density at radius 1 is 1.40 bits per heavy atom. The van der Waals surface area contributed by atoms with Crippen LogP contribution in [0, 0.1) is 5.82 Å². The molecule has 0 aliphatic heterocycles. The standard InChI is InChI=1S/C17H18FN5O2/c1-22(9-12-8-19-23(2)10-12)17(24)15-7-13(20-21-15)11-25-16-6-4-3-5-14(16)18/h3-8,10H,9,11H2,1-2H3,(H,20,21). The highest BCUT2D eigenvalue weighted by Gasteiger charge is 2.16. The maximum atomic E-state index is 13.5. The van der Waals surface area contributed by atoms with Gasteiger partial charge in [-0.3, -0.25) is 14.6 Å². The second kappa shape index (κ2) is 7.16. The number of ether oxygens (including phenoxy) is 1. The van der Waals surface area contributed by atoms with Crippen molar-refractivity contribution in [3.8, 4) is 5.75 Å². The summed E-state index contributed by atoms with van der Waals surface area (Å²) < 4.78 is 20.6. The van der Waals surface area contributed by atoms with Gasteiger partial charge in [0.1, 0.15) is 6.61 Å². The maximum Gasteiger partial charge on any atom is 0.274 e. The Kier molecular flexibility index (Phi) is 4.78. The second-order valence-electron chi connectivity index (χ2n) is 5.68. The quantitative estimate of drug-likeness (QED) is 0.744. The van der Waals surface area contributed by atoms with Crippen molar-refractivity contribution in [3.05, 3.63) is 65.5 Å². The number of hydrogen-bond acceptors (Lipinski definition) is 4. The molecular formula is C17H18FN5O2. The molecule has 0 spiro atoms. The Hall–Kier alpha value is -3.16. The zero-order chi connectivity index (χ0) is 17.8. The molecule has 0 bridgehead atoms.